The van der Waals surface area contributed by atoms with Crippen LogP contribution < -0.4 is 10.9 Å². The van der Waals surface area contributed by atoms with Crippen molar-refractivity contribution in [2.75, 3.05) is 5.75 Å². The summed E-state index contributed by atoms with van der Waals surface area (Å²) in [6, 6.07) is 12.1. The first-order chi connectivity index (χ1) is 12.0. The van der Waals surface area contributed by atoms with Gasteiger partial charge in [0.2, 0.25) is 5.91 Å². The molecule has 0 atom stereocenters. The SMILES string of the molecule is Cc1ccc(/C=C/C(=O)NNC(=O)CSc2ccccc2F)c(C)c1. The van der Waals surface area contributed by atoms with Gasteiger partial charge in [-0.25, -0.2) is 4.39 Å². The minimum absolute atomic E-state index is 0.00198. The van der Waals surface area contributed by atoms with E-state index in [1.807, 2.05) is 32.0 Å². The highest BCUT2D eigenvalue weighted by molar-refractivity contribution is 8.00. The van der Waals surface area contributed by atoms with Crippen LogP contribution in [-0.4, -0.2) is 17.6 Å². The third-order valence-electron chi connectivity index (χ3n) is 3.36. The number of carbonyl (C=O) groups is 2. The topological polar surface area (TPSA) is 58.2 Å². The highest BCUT2D eigenvalue weighted by Gasteiger charge is 2.06. The molecule has 2 N–H and O–H groups in total. The molecule has 0 spiro atoms. The van der Waals surface area contributed by atoms with Gasteiger partial charge in [0.15, 0.2) is 0 Å². The maximum atomic E-state index is 13.4. The Kier molecular flexibility index (Phi) is 6.77. The highest BCUT2D eigenvalue weighted by atomic mass is 32.2. The monoisotopic (exact) mass is 358 g/mol. The second kappa shape index (κ2) is 9.03. The number of rotatable bonds is 5. The Morgan fingerprint density at radius 1 is 1.12 bits per heavy atom. The Balaban J connectivity index is 1.78. The van der Waals surface area contributed by atoms with E-state index in [2.05, 4.69) is 10.9 Å². The van der Waals surface area contributed by atoms with Crippen molar-refractivity contribution >= 4 is 29.7 Å². The zero-order chi connectivity index (χ0) is 18.2. The molecule has 0 aliphatic heterocycles. The molecule has 25 heavy (non-hydrogen) atoms. The Morgan fingerprint density at radius 3 is 2.60 bits per heavy atom. The number of benzene rings is 2. The fourth-order valence-electron chi connectivity index (χ4n) is 2.09. The third kappa shape index (κ3) is 6.08. The predicted octanol–water partition coefficient (Wildman–Crippen LogP) is 3.40. The summed E-state index contributed by atoms with van der Waals surface area (Å²) in [6.07, 6.45) is 3.03. The van der Waals surface area contributed by atoms with Crippen LogP contribution in [0.2, 0.25) is 0 Å². The van der Waals surface area contributed by atoms with E-state index >= 15 is 0 Å². The van der Waals surface area contributed by atoms with Gasteiger partial charge in [-0.2, -0.15) is 0 Å². The molecular weight excluding hydrogens is 339 g/mol. The van der Waals surface area contributed by atoms with Gasteiger partial charge >= 0.3 is 0 Å². The fourth-order valence-corrected chi connectivity index (χ4v) is 2.83. The van der Waals surface area contributed by atoms with Gasteiger partial charge in [0.25, 0.3) is 5.91 Å². The number of halogens is 1. The van der Waals surface area contributed by atoms with E-state index < -0.39 is 11.8 Å². The molecule has 130 valence electrons. The van der Waals surface area contributed by atoms with E-state index in [9.17, 15) is 14.0 Å². The molecule has 0 aliphatic carbocycles. The Hall–Kier alpha value is -2.60. The lowest BCUT2D eigenvalue weighted by Crippen LogP contribution is -2.41. The summed E-state index contributed by atoms with van der Waals surface area (Å²) in [5.74, 6) is -1.23. The van der Waals surface area contributed by atoms with Crippen molar-refractivity contribution in [3.63, 3.8) is 0 Å². The maximum Gasteiger partial charge on any atom is 0.262 e. The van der Waals surface area contributed by atoms with Crippen molar-refractivity contribution in [2.24, 2.45) is 0 Å². The molecule has 4 nitrogen and oxygen atoms in total. The maximum absolute atomic E-state index is 13.4. The summed E-state index contributed by atoms with van der Waals surface area (Å²) >= 11 is 1.06. The summed E-state index contributed by atoms with van der Waals surface area (Å²) in [4.78, 5) is 23.8. The lowest BCUT2D eigenvalue weighted by atomic mass is 10.1. The van der Waals surface area contributed by atoms with Crippen molar-refractivity contribution in [2.45, 2.75) is 18.7 Å². The van der Waals surface area contributed by atoms with Crippen LogP contribution in [0.4, 0.5) is 4.39 Å². The number of hydrogen-bond acceptors (Lipinski definition) is 3. The number of nitrogens with one attached hydrogen (secondary N) is 2. The van der Waals surface area contributed by atoms with Gasteiger partial charge in [-0.1, -0.05) is 35.9 Å². The number of hydrazine groups is 1. The first-order valence-electron chi connectivity index (χ1n) is 7.67. The minimum Gasteiger partial charge on any atom is -0.272 e. The number of carbonyl (C=O) groups excluding carboxylic acids is 2. The standard InChI is InChI=1S/C19H19FN2O2S/c1-13-7-8-15(14(2)11-13)9-10-18(23)21-22-19(24)12-25-17-6-4-3-5-16(17)20/h3-11H,12H2,1-2H3,(H,21,23)(H,22,24)/b10-9+. The molecule has 0 bridgehead atoms. The van der Waals surface area contributed by atoms with Gasteiger partial charge in [-0.05, 0) is 43.2 Å². The normalized spacial score (nSPS) is 10.7. The number of hydrogen-bond donors (Lipinski definition) is 2. The zero-order valence-electron chi connectivity index (χ0n) is 14.0. The predicted molar refractivity (Wildman–Crippen MR) is 98.4 cm³/mol. The molecule has 2 rings (SSSR count). The van der Waals surface area contributed by atoms with Crippen LogP contribution in [0.5, 0.6) is 0 Å². The van der Waals surface area contributed by atoms with Crippen LogP contribution in [0, 0.1) is 19.7 Å². The summed E-state index contributed by atoms with van der Waals surface area (Å²) in [7, 11) is 0. The zero-order valence-corrected chi connectivity index (χ0v) is 14.8. The van der Waals surface area contributed by atoms with E-state index in [4.69, 9.17) is 0 Å². The molecule has 0 heterocycles. The average Bonchev–Trinajstić information content (AvgIpc) is 2.58. The highest BCUT2D eigenvalue weighted by Crippen LogP contribution is 2.20. The molecule has 0 aliphatic rings. The minimum atomic E-state index is -0.441. The van der Waals surface area contributed by atoms with E-state index in [0.717, 1.165) is 28.5 Å². The molecule has 2 amide bonds. The fraction of sp³-hybridized carbons (Fsp3) is 0.158. The first kappa shape index (κ1) is 18.7. The first-order valence-corrected chi connectivity index (χ1v) is 8.66. The van der Waals surface area contributed by atoms with Crippen LogP contribution in [0.25, 0.3) is 6.08 Å². The Labute approximate surface area is 150 Å². The molecule has 0 radical (unpaired) electrons. The summed E-state index contributed by atoms with van der Waals surface area (Å²) in [5, 5.41) is 0. The Morgan fingerprint density at radius 2 is 1.88 bits per heavy atom. The van der Waals surface area contributed by atoms with Crippen LogP contribution in [-0.2, 0) is 9.59 Å². The molecule has 0 saturated carbocycles. The van der Waals surface area contributed by atoms with E-state index in [1.165, 1.54) is 12.1 Å². The second-order valence-electron chi connectivity index (χ2n) is 5.45. The van der Waals surface area contributed by atoms with Gasteiger partial charge in [0.1, 0.15) is 5.82 Å². The molecule has 0 saturated heterocycles. The van der Waals surface area contributed by atoms with E-state index in [1.54, 1.807) is 24.3 Å². The molecule has 2 aromatic carbocycles. The largest absolute Gasteiger partial charge is 0.272 e. The molecule has 2 aromatic rings. The van der Waals surface area contributed by atoms with Crippen molar-refractivity contribution in [3.8, 4) is 0 Å². The van der Waals surface area contributed by atoms with Crippen molar-refractivity contribution in [3.05, 3.63) is 71.0 Å². The van der Waals surface area contributed by atoms with Crippen LogP contribution in [0.15, 0.2) is 53.4 Å². The van der Waals surface area contributed by atoms with E-state index in [0.29, 0.717) is 4.90 Å². The summed E-state index contributed by atoms with van der Waals surface area (Å²) in [6.45, 7) is 3.97. The number of amides is 2. The van der Waals surface area contributed by atoms with Crippen LogP contribution in [0.1, 0.15) is 16.7 Å². The Bertz CT molecular complexity index is 806. The van der Waals surface area contributed by atoms with Gasteiger partial charge < -0.3 is 0 Å². The van der Waals surface area contributed by atoms with Crippen molar-refractivity contribution in [1.29, 1.82) is 0 Å². The summed E-state index contributed by atoms with van der Waals surface area (Å²) < 4.78 is 13.4. The number of aryl methyl sites for hydroxylation is 2. The van der Waals surface area contributed by atoms with Gasteiger partial charge in [0.05, 0.1) is 5.75 Å². The third-order valence-corrected chi connectivity index (χ3v) is 4.41. The van der Waals surface area contributed by atoms with Crippen molar-refractivity contribution in [1.82, 2.24) is 10.9 Å². The smallest absolute Gasteiger partial charge is 0.262 e. The molecule has 0 fully saturated rings. The van der Waals surface area contributed by atoms with Gasteiger partial charge in [-0.15, -0.1) is 11.8 Å². The lowest BCUT2D eigenvalue weighted by molar-refractivity contribution is -0.125. The average molecular weight is 358 g/mol. The molecular formula is C19H19FN2O2S. The summed E-state index contributed by atoms with van der Waals surface area (Å²) in [5.41, 5.74) is 7.75. The second-order valence-corrected chi connectivity index (χ2v) is 6.47. The van der Waals surface area contributed by atoms with Crippen LogP contribution in [0.3, 0.4) is 0 Å². The molecule has 6 heteroatoms. The lowest BCUT2D eigenvalue weighted by Gasteiger charge is -2.06. The quantitative estimate of drug-likeness (QED) is 0.489. The van der Waals surface area contributed by atoms with Gasteiger partial charge in [0, 0.05) is 11.0 Å². The molecule has 0 unspecified atom stereocenters. The number of thioether (sulfide) groups is 1. The van der Waals surface area contributed by atoms with E-state index in [-0.39, 0.29) is 11.6 Å². The van der Waals surface area contributed by atoms with Crippen LogP contribution >= 0.6 is 11.8 Å². The van der Waals surface area contributed by atoms with Crippen molar-refractivity contribution < 1.29 is 14.0 Å². The van der Waals surface area contributed by atoms with Gasteiger partial charge in [-0.3, -0.25) is 20.4 Å². The molecule has 0 aromatic heterocycles.